The number of hydrogen-bond donors (Lipinski definition) is 1. The maximum absolute atomic E-state index is 12.7. The molecule has 1 fully saturated rings. The first-order valence-corrected chi connectivity index (χ1v) is 9.36. The SMILES string of the molecule is COCCNC(=S)N1CCN(S(=O)(=O)c2ccccc2C#N)CC1. The Morgan fingerprint density at radius 1 is 1.33 bits per heavy atom. The third kappa shape index (κ3) is 4.21. The van der Waals surface area contributed by atoms with Crippen molar-refractivity contribution in [2.24, 2.45) is 0 Å². The highest BCUT2D eigenvalue weighted by Crippen LogP contribution is 2.21. The molecule has 0 aromatic heterocycles. The smallest absolute Gasteiger partial charge is 0.244 e. The fourth-order valence-electron chi connectivity index (χ4n) is 2.43. The molecule has 1 aromatic rings. The number of piperazine rings is 1. The first-order chi connectivity index (χ1) is 11.5. The Labute approximate surface area is 147 Å². The van der Waals surface area contributed by atoms with Gasteiger partial charge in [0.25, 0.3) is 0 Å². The number of benzene rings is 1. The second-order valence-corrected chi connectivity index (χ2v) is 7.52. The van der Waals surface area contributed by atoms with Crippen LogP contribution in [-0.2, 0) is 14.8 Å². The molecule has 1 aliphatic heterocycles. The minimum Gasteiger partial charge on any atom is -0.383 e. The number of sulfonamides is 1. The molecule has 2 rings (SSSR count). The van der Waals surface area contributed by atoms with Crippen molar-refractivity contribution >= 4 is 27.4 Å². The standard InChI is InChI=1S/C15H20N4O3S2/c1-22-11-6-17-15(23)18-7-9-19(10-8-18)24(20,21)14-5-3-2-4-13(14)12-16/h2-5H,6-11H2,1H3,(H,17,23). The summed E-state index contributed by atoms with van der Waals surface area (Å²) in [5.74, 6) is 0. The Morgan fingerprint density at radius 3 is 2.62 bits per heavy atom. The summed E-state index contributed by atoms with van der Waals surface area (Å²) in [5.41, 5.74) is 0.164. The van der Waals surface area contributed by atoms with E-state index >= 15 is 0 Å². The van der Waals surface area contributed by atoms with Gasteiger partial charge >= 0.3 is 0 Å². The fraction of sp³-hybridized carbons (Fsp3) is 0.467. The summed E-state index contributed by atoms with van der Waals surface area (Å²) in [7, 11) is -2.06. The number of nitriles is 1. The largest absolute Gasteiger partial charge is 0.383 e. The first-order valence-electron chi connectivity index (χ1n) is 7.51. The lowest BCUT2D eigenvalue weighted by atomic mass is 10.2. The topological polar surface area (TPSA) is 85.7 Å². The Balaban J connectivity index is 2.01. The lowest BCUT2D eigenvalue weighted by Gasteiger charge is -2.35. The minimum absolute atomic E-state index is 0.0572. The molecule has 0 aliphatic carbocycles. The van der Waals surface area contributed by atoms with E-state index in [1.54, 1.807) is 19.2 Å². The van der Waals surface area contributed by atoms with Gasteiger partial charge in [-0.05, 0) is 24.4 Å². The summed E-state index contributed by atoms with van der Waals surface area (Å²) in [4.78, 5) is 1.99. The molecule has 0 unspecified atom stereocenters. The summed E-state index contributed by atoms with van der Waals surface area (Å²) >= 11 is 5.30. The van der Waals surface area contributed by atoms with E-state index in [0.29, 0.717) is 44.4 Å². The summed E-state index contributed by atoms with van der Waals surface area (Å²) in [6, 6.07) is 8.20. The average Bonchev–Trinajstić information content (AvgIpc) is 2.62. The van der Waals surface area contributed by atoms with Crippen molar-refractivity contribution in [2.75, 3.05) is 46.4 Å². The normalized spacial score (nSPS) is 15.8. The maximum Gasteiger partial charge on any atom is 0.244 e. The molecule has 7 nitrogen and oxygen atoms in total. The van der Waals surface area contributed by atoms with Crippen molar-refractivity contribution in [2.45, 2.75) is 4.90 Å². The van der Waals surface area contributed by atoms with E-state index in [-0.39, 0.29) is 10.5 Å². The van der Waals surface area contributed by atoms with Crippen LogP contribution in [0.1, 0.15) is 5.56 Å². The van der Waals surface area contributed by atoms with Gasteiger partial charge in [0.15, 0.2) is 5.11 Å². The molecule has 9 heteroatoms. The molecule has 0 bridgehead atoms. The maximum atomic E-state index is 12.7. The van der Waals surface area contributed by atoms with Gasteiger partial charge in [0.2, 0.25) is 10.0 Å². The average molecular weight is 368 g/mol. The first kappa shape index (κ1) is 18.6. The summed E-state index contributed by atoms with van der Waals surface area (Å²) < 4.78 is 31.8. The van der Waals surface area contributed by atoms with Gasteiger partial charge in [0.1, 0.15) is 6.07 Å². The predicted molar refractivity (Wildman–Crippen MR) is 94.0 cm³/mol. The van der Waals surface area contributed by atoms with Gasteiger partial charge < -0.3 is 15.0 Å². The number of thiocarbonyl (C=S) groups is 1. The molecule has 0 atom stereocenters. The van der Waals surface area contributed by atoms with Crippen molar-refractivity contribution in [3.8, 4) is 6.07 Å². The van der Waals surface area contributed by atoms with Crippen LogP contribution in [-0.4, -0.2) is 69.2 Å². The van der Waals surface area contributed by atoms with Gasteiger partial charge in [-0.15, -0.1) is 0 Å². The zero-order chi connectivity index (χ0) is 17.6. The van der Waals surface area contributed by atoms with Gasteiger partial charge in [-0.3, -0.25) is 0 Å². The minimum atomic E-state index is -3.67. The molecule has 0 amide bonds. The number of nitrogens with zero attached hydrogens (tertiary/aromatic N) is 3. The molecular weight excluding hydrogens is 348 g/mol. The van der Waals surface area contributed by atoms with Crippen LogP contribution >= 0.6 is 12.2 Å². The highest BCUT2D eigenvalue weighted by molar-refractivity contribution is 7.89. The van der Waals surface area contributed by atoms with E-state index in [1.165, 1.54) is 16.4 Å². The van der Waals surface area contributed by atoms with Crippen LogP contribution in [0.5, 0.6) is 0 Å². The fourth-order valence-corrected chi connectivity index (χ4v) is 4.28. The predicted octanol–water partition coefficient (Wildman–Crippen LogP) is 0.385. The third-order valence-electron chi connectivity index (χ3n) is 3.73. The van der Waals surface area contributed by atoms with Crippen LogP contribution in [0.3, 0.4) is 0 Å². The number of hydrogen-bond acceptors (Lipinski definition) is 5. The summed E-state index contributed by atoms with van der Waals surface area (Å²) in [6.07, 6.45) is 0. The molecular formula is C15H20N4O3S2. The monoisotopic (exact) mass is 368 g/mol. The van der Waals surface area contributed by atoms with Gasteiger partial charge in [-0.25, -0.2) is 8.42 Å². The molecule has 1 heterocycles. The molecule has 0 saturated carbocycles. The van der Waals surface area contributed by atoms with E-state index in [1.807, 2.05) is 11.0 Å². The Bertz CT molecular complexity index is 722. The summed E-state index contributed by atoms with van der Waals surface area (Å²) in [5, 5.41) is 12.8. The van der Waals surface area contributed by atoms with Crippen molar-refractivity contribution in [3.05, 3.63) is 29.8 Å². The van der Waals surface area contributed by atoms with Crippen molar-refractivity contribution in [1.29, 1.82) is 5.26 Å². The molecule has 1 aliphatic rings. The molecule has 24 heavy (non-hydrogen) atoms. The highest BCUT2D eigenvalue weighted by Gasteiger charge is 2.30. The Hall–Kier alpha value is -1.73. The van der Waals surface area contributed by atoms with Crippen LogP contribution in [0, 0.1) is 11.3 Å². The lowest BCUT2D eigenvalue weighted by molar-refractivity contribution is 0.201. The van der Waals surface area contributed by atoms with E-state index in [9.17, 15) is 8.42 Å². The zero-order valence-electron chi connectivity index (χ0n) is 13.4. The van der Waals surface area contributed by atoms with Crippen molar-refractivity contribution in [3.63, 3.8) is 0 Å². The van der Waals surface area contributed by atoms with Crippen LogP contribution in [0.2, 0.25) is 0 Å². The van der Waals surface area contributed by atoms with Gasteiger partial charge in [-0.1, -0.05) is 12.1 Å². The summed E-state index contributed by atoms with van der Waals surface area (Å²) in [6.45, 7) is 2.84. The van der Waals surface area contributed by atoms with Crippen LogP contribution in [0.4, 0.5) is 0 Å². The molecule has 0 spiro atoms. The second-order valence-electron chi connectivity index (χ2n) is 5.22. The Kier molecular flexibility index (Phi) is 6.51. The highest BCUT2D eigenvalue weighted by atomic mass is 32.2. The quantitative estimate of drug-likeness (QED) is 0.594. The van der Waals surface area contributed by atoms with Crippen molar-refractivity contribution < 1.29 is 13.2 Å². The lowest BCUT2D eigenvalue weighted by Crippen LogP contribution is -2.53. The Morgan fingerprint density at radius 2 is 2.00 bits per heavy atom. The molecule has 1 saturated heterocycles. The van der Waals surface area contributed by atoms with Crippen LogP contribution in [0.15, 0.2) is 29.2 Å². The number of rotatable bonds is 5. The van der Waals surface area contributed by atoms with Gasteiger partial charge in [0, 0.05) is 39.8 Å². The molecule has 130 valence electrons. The number of methoxy groups -OCH3 is 1. The van der Waals surface area contributed by atoms with E-state index in [2.05, 4.69) is 5.32 Å². The third-order valence-corrected chi connectivity index (χ3v) is 6.09. The van der Waals surface area contributed by atoms with E-state index in [0.717, 1.165) is 0 Å². The number of nitrogens with one attached hydrogen (secondary N) is 1. The van der Waals surface area contributed by atoms with Crippen LogP contribution < -0.4 is 5.32 Å². The zero-order valence-corrected chi connectivity index (χ0v) is 15.1. The second kappa shape index (κ2) is 8.39. The molecule has 1 aromatic carbocycles. The number of ether oxygens (including phenoxy) is 1. The van der Waals surface area contributed by atoms with E-state index < -0.39 is 10.0 Å². The van der Waals surface area contributed by atoms with E-state index in [4.69, 9.17) is 22.2 Å². The van der Waals surface area contributed by atoms with Gasteiger partial charge in [-0.2, -0.15) is 9.57 Å². The van der Waals surface area contributed by atoms with Crippen LogP contribution in [0.25, 0.3) is 0 Å². The molecule has 0 radical (unpaired) electrons. The van der Waals surface area contributed by atoms with Gasteiger partial charge in [0.05, 0.1) is 17.1 Å². The van der Waals surface area contributed by atoms with Crippen molar-refractivity contribution in [1.82, 2.24) is 14.5 Å². The molecule has 1 N–H and O–H groups in total.